The number of nitrogens with one attached hydrogen (secondary N) is 1. The SMILES string of the molecule is CCOC(=O)c1ccc(NCc2cc(F)ccc2Br)nc1. The molecule has 0 aliphatic heterocycles. The lowest BCUT2D eigenvalue weighted by atomic mass is 10.2. The van der Waals surface area contributed by atoms with Crippen molar-refractivity contribution < 1.29 is 13.9 Å². The molecular weight excluding hydrogens is 339 g/mol. The van der Waals surface area contributed by atoms with Crippen LogP contribution in [0.15, 0.2) is 41.0 Å². The summed E-state index contributed by atoms with van der Waals surface area (Å²) in [5, 5.41) is 3.07. The maximum atomic E-state index is 13.2. The number of benzene rings is 1. The highest BCUT2D eigenvalue weighted by Gasteiger charge is 2.07. The minimum absolute atomic E-state index is 0.291. The Kier molecular flexibility index (Phi) is 5.27. The number of carbonyl (C=O) groups excluding carboxylic acids is 1. The first-order valence-electron chi connectivity index (χ1n) is 6.41. The van der Waals surface area contributed by atoms with Gasteiger partial charge in [-0.2, -0.15) is 0 Å². The molecule has 2 rings (SSSR count). The number of ether oxygens (including phenoxy) is 1. The van der Waals surface area contributed by atoms with Gasteiger partial charge >= 0.3 is 5.97 Å². The van der Waals surface area contributed by atoms with Crippen molar-refractivity contribution in [2.24, 2.45) is 0 Å². The van der Waals surface area contributed by atoms with E-state index in [0.29, 0.717) is 24.5 Å². The van der Waals surface area contributed by atoms with E-state index in [1.165, 1.54) is 18.3 Å². The second-order valence-corrected chi connectivity index (χ2v) is 5.10. The molecule has 6 heteroatoms. The number of pyridine rings is 1. The van der Waals surface area contributed by atoms with Crippen LogP contribution in [0.5, 0.6) is 0 Å². The molecule has 110 valence electrons. The number of carbonyl (C=O) groups is 1. The normalized spacial score (nSPS) is 10.2. The van der Waals surface area contributed by atoms with Gasteiger partial charge in [-0.3, -0.25) is 0 Å². The number of nitrogens with zero attached hydrogens (tertiary/aromatic N) is 1. The topological polar surface area (TPSA) is 51.2 Å². The third kappa shape index (κ3) is 4.26. The van der Waals surface area contributed by atoms with Crippen molar-refractivity contribution in [1.29, 1.82) is 0 Å². The van der Waals surface area contributed by atoms with Gasteiger partial charge in [0.15, 0.2) is 0 Å². The molecule has 1 aromatic carbocycles. The van der Waals surface area contributed by atoms with E-state index in [4.69, 9.17) is 4.74 Å². The highest BCUT2D eigenvalue weighted by molar-refractivity contribution is 9.10. The Bertz CT molecular complexity index is 632. The van der Waals surface area contributed by atoms with E-state index in [-0.39, 0.29) is 5.82 Å². The second-order valence-electron chi connectivity index (χ2n) is 4.24. The van der Waals surface area contributed by atoms with Crippen LogP contribution in [-0.2, 0) is 11.3 Å². The van der Waals surface area contributed by atoms with Gasteiger partial charge in [-0.15, -0.1) is 0 Å². The van der Waals surface area contributed by atoms with E-state index in [9.17, 15) is 9.18 Å². The van der Waals surface area contributed by atoms with Crippen LogP contribution in [0.1, 0.15) is 22.8 Å². The summed E-state index contributed by atoms with van der Waals surface area (Å²) in [4.78, 5) is 15.6. The zero-order valence-electron chi connectivity index (χ0n) is 11.4. The van der Waals surface area contributed by atoms with E-state index in [2.05, 4.69) is 26.2 Å². The van der Waals surface area contributed by atoms with E-state index in [1.54, 1.807) is 25.1 Å². The molecule has 0 unspecified atom stereocenters. The minimum atomic E-state index is -0.399. The largest absolute Gasteiger partial charge is 0.462 e. The molecule has 0 bridgehead atoms. The standard InChI is InChI=1S/C15H14BrFN2O2/c1-2-21-15(20)10-3-6-14(18-8-10)19-9-11-7-12(17)4-5-13(11)16/h3-8H,2,9H2,1H3,(H,18,19). The molecular formula is C15H14BrFN2O2. The lowest BCUT2D eigenvalue weighted by Crippen LogP contribution is -2.07. The fourth-order valence-corrected chi connectivity index (χ4v) is 2.08. The van der Waals surface area contributed by atoms with Gasteiger partial charge in [0.1, 0.15) is 11.6 Å². The van der Waals surface area contributed by atoms with Crippen LogP contribution in [0, 0.1) is 5.82 Å². The highest BCUT2D eigenvalue weighted by atomic mass is 79.9. The smallest absolute Gasteiger partial charge is 0.339 e. The zero-order valence-corrected chi connectivity index (χ0v) is 13.0. The maximum absolute atomic E-state index is 13.2. The monoisotopic (exact) mass is 352 g/mol. The molecule has 1 N–H and O–H groups in total. The molecule has 0 atom stereocenters. The van der Waals surface area contributed by atoms with Crippen molar-refractivity contribution in [3.05, 3.63) is 57.9 Å². The molecule has 4 nitrogen and oxygen atoms in total. The van der Waals surface area contributed by atoms with Crippen molar-refractivity contribution in [2.45, 2.75) is 13.5 Å². The molecule has 0 radical (unpaired) electrons. The lowest BCUT2D eigenvalue weighted by molar-refractivity contribution is 0.0526. The van der Waals surface area contributed by atoms with Crippen LogP contribution in [0.2, 0.25) is 0 Å². The van der Waals surface area contributed by atoms with Crippen LogP contribution in [-0.4, -0.2) is 17.6 Å². The molecule has 0 aliphatic rings. The molecule has 21 heavy (non-hydrogen) atoms. The van der Waals surface area contributed by atoms with Crippen LogP contribution >= 0.6 is 15.9 Å². The van der Waals surface area contributed by atoms with Crippen LogP contribution in [0.25, 0.3) is 0 Å². The number of esters is 1. The summed E-state index contributed by atoms with van der Waals surface area (Å²) in [6, 6.07) is 7.81. The van der Waals surface area contributed by atoms with Gasteiger partial charge in [0.2, 0.25) is 0 Å². The number of aromatic nitrogens is 1. The van der Waals surface area contributed by atoms with E-state index in [0.717, 1.165) is 10.0 Å². The van der Waals surface area contributed by atoms with Gasteiger partial charge in [0.25, 0.3) is 0 Å². The van der Waals surface area contributed by atoms with Gasteiger partial charge in [-0.25, -0.2) is 14.2 Å². The average Bonchev–Trinajstić information content (AvgIpc) is 2.49. The summed E-state index contributed by atoms with van der Waals surface area (Å²) in [6.45, 7) is 2.49. The third-order valence-corrected chi connectivity index (χ3v) is 3.52. The molecule has 0 fully saturated rings. The fraction of sp³-hybridized carbons (Fsp3) is 0.200. The van der Waals surface area contributed by atoms with Crippen LogP contribution in [0.3, 0.4) is 0 Å². The summed E-state index contributed by atoms with van der Waals surface area (Å²) in [6.07, 6.45) is 1.45. The number of halogens is 2. The first kappa shape index (κ1) is 15.4. The van der Waals surface area contributed by atoms with Crippen molar-refractivity contribution in [1.82, 2.24) is 4.98 Å². The summed E-state index contributed by atoms with van der Waals surface area (Å²) in [5.41, 5.74) is 1.18. The van der Waals surface area contributed by atoms with E-state index < -0.39 is 5.97 Å². The van der Waals surface area contributed by atoms with Crippen molar-refractivity contribution in [3.8, 4) is 0 Å². The van der Waals surface area contributed by atoms with Gasteiger partial charge in [0, 0.05) is 17.2 Å². The highest BCUT2D eigenvalue weighted by Crippen LogP contribution is 2.19. The Hall–Kier alpha value is -1.95. The van der Waals surface area contributed by atoms with Gasteiger partial charge in [0.05, 0.1) is 12.2 Å². The average molecular weight is 353 g/mol. The summed E-state index contributed by atoms with van der Waals surface area (Å²) in [5.74, 6) is -0.0933. The lowest BCUT2D eigenvalue weighted by Gasteiger charge is -2.08. The minimum Gasteiger partial charge on any atom is -0.462 e. The van der Waals surface area contributed by atoms with Crippen LogP contribution < -0.4 is 5.32 Å². The van der Waals surface area contributed by atoms with Crippen molar-refractivity contribution in [2.75, 3.05) is 11.9 Å². The molecule has 1 heterocycles. The first-order chi connectivity index (χ1) is 10.1. The maximum Gasteiger partial charge on any atom is 0.339 e. The summed E-state index contributed by atoms with van der Waals surface area (Å²) < 4.78 is 18.9. The Balaban J connectivity index is 2.00. The van der Waals surface area contributed by atoms with E-state index in [1.807, 2.05) is 0 Å². The van der Waals surface area contributed by atoms with Gasteiger partial charge in [-0.1, -0.05) is 15.9 Å². The Morgan fingerprint density at radius 1 is 1.38 bits per heavy atom. The fourth-order valence-electron chi connectivity index (χ4n) is 1.70. The summed E-state index contributed by atoms with van der Waals surface area (Å²) >= 11 is 3.36. The van der Waals surface area contributed by atoms with Gasteiger partial charge < -0.3 is 10.1 Å². The molecule has 0 saturated carbocycles. The number of hydrogen-bond acceptors (Lipinski definition) is 4. The molecule has 0 spiro atoms. The van der Waals surface area contributed by atoms with E-state index >= 15 is 0 Å². The van der Waals surface area contributed by atoms with Gasteiger partial charge in [-0.05, 0) is 42.8 Å². The number of anilines is 1. The number of hydrogen-bond donors (Lipinski definition) is 1. The zero-order chi connectivity index (χ0) is 15.2. The molecule has 1 aromatic heterocycles. The second kappa shape index (κ2) is 7.17. The third-order valence-electron chi connectivity index (χ3n) is 2.74. The van der Waals surface area contributed by atoms with Crippen molar-refractivity contribution >= 4 is 27.7 Å². The predicted molar refractivity (Wildman–Crippen MR) is 81.6 cm³/mol. The Morgan fingerprint density at radius 3 is 2.86 bits per heavy atom. The Labute approximate surface area is 130 Å². The molecule has 0 aliphatic carbocycles. The quantitative estimate of drug-likeness (QED) is 0.832. The summed E-state index contributed by atoms with van der Waals surface area (Å²) in [7, 11) is 0. The molecule has 2 aromatic rings. The predicted octanol–water partition coefficient (Wildman–Crippen LogP) is 3.77. The molecule has 0 amide bonds. The molecule has 0 saturated heterocycles. The number of rotatable bonds is 5. The van der Waals surface area contributed by atoms with Crippen LogP contribution in [0.4, 0.5) is 10.2 Å². The first-order valence-corrected chi connectivity index (χ1v) is 7.20. The Morgan fingerprint density at radius 2 is 2.19 bits per heavy atom. The van der Waals surface area contributed by atoms with Crippen molar-refractivity contribution in [3.63, 3.8) is 0 Å².